The minimum Gasteiger partial charge on any atom is -0.351 e. The average molecular weight is 280 g/mol. The van der Waals surface area contributed by atoms with Crippen molar-refractivity contribution in [3.8, 4) is 11.3 Å². The number of hydrogen-bond donors (Lipinski definition) is 0. The summed E-state index contributed by atoms with van der Waals surface area (Å²) >= 11 is 11.7. The lowest BCUT2D eigenvalue weighted by atomic mass is 10.1. The largest absolute Gasteiger partial charge is 0.351 e. The van der Waals surface area contributed by atoms with Gasteiger partial charge in [-0.3, -0.25) is 0 Å². The van der Waals surface area contributed by atoms with Crippen LogP contribution in [0.2, 0.25) is 10.4 Å². The summed E-state index contributed by atoms with van der Waals surface area (Å²) in [5, 5.41) is 4.21. The predicted octanol–water partition coefficient (Wildman–Crippen LogP) is 3.90. The molecule has 0 aliphatic rings. The van der Waals surface area contributed by atoms with Crippen molar-refractivity contribution >= 4 is 34.3 Å². The number of fused-ring (bicyclic) bond motifs is 1. The lowest BCUT2D eigenvalue weighted by Gasteiger charge is -1.97. The van der Waals surface area contributed by atoms with E-state index in [1.165, 1.54) is 0 Å². The second-order valence-electron chi connectivity index (χ2n) is 3.86. The topological polar surface area (TPSA) is 51.8 Å². The Kier molecular flexibility index (Phi) is 2.69. The highest BCUT2D eigenvalue weighted by Gasteiger charge is 2.16. The Labute approximate surface area is 113 Å². The van der Waals surface area contributed by atoms with E-state index in [4.69, 9.17) is 27.7 Å². The fourth-order valence-electron chi connectivity index (χ4n) is 1.67. The molecule has 0 N–H and O–H groups in total. The third kappa shape index (κ3) is 1.83. The highest BCUT2D eigenvalue weighted by Crippen LogP contribution is 2.30. The van der Waals surface area contributed by atoms with Crippen molar-refractivity contribution in [3.05, 3.63) is 40.3 Å². The first kappa shape index (κ1) is 11.4. The molecular formula is C12H7Cl2N3O. The Balaban J connectivity index is 2.27. The van der Waals surface area contributed by atoms with Gasteiger partial charge in [-0.25, -0.2) is 9.97 Å². The summed E-state index contributed by atoms with van der Waals surface area (Å²) in [4.78, 5) is 7.92. The van der Waals surface area contributed by atoms with Gasteiger partial charge in [-0.15, -0.1) is 0 Å². The molecule has 2 aromatic heterocycles. The van der Waals surface area contributed by atoms with E-state index < -0.39 is 0 Å². The summed E-state index contributed by atoms with van der Waals surface area (Å²) < 4.78 is 5.15. The molecule has 3 aromatic rings. The maximum absolute atomic E-state index is 5.92. The molecule has 0 aliphatic carbocycles. The molecule has 0 atom stereocenters. The number of benzene rings is 1. The zero-order valence-electron chi connectivity index (χ0n) is 9.32. The first-order chi connectivity index (χ1) is 8.65. The van der Waals surface area contributed by atoms with Crippen molar-refractivity contribution in [1.29, 1.82) is 0 Å². The predicted molar refractivity (Wildman–Crippen MR) is 69.8 cm³/mol. The molecule has 90 valence electrons. The monoisotopic (exact) mass is 279 g/mol. The number of halogens is 2. The van der Waals surface area contributed by atoms with E-state index in [2.05, 4.69) is 15.1 Å². The second-order valence-corrected chi connectivity index (χ2v) is 4.55. The molecular weight excluding hydrogens is 273 g/mol. The molecule has 0 saturated carbocycles. The Bertz CT molecular complexity index is 722. The van der Waals surface area contributed by atoms with Crippen LogP contribution in [-0.2, 0) is 0 Å². The van der Waals surface area contributed by atoms with Gasteiger partial charge in [0, 0.05) is 5.56 Å². The maximum Gasteiger partial charge on any atom is 0.224 e. The van der Waals surface area contributed by atoms with Gasteiger partial charge >= 0.3 is 0 Å². The van der Waals surface area contributed by atoms with Gasteiger partial charge in [0.15, 0.2) is 5.15 Å². The van der Waals surface area contributed by atoms with Crippen LogP contribution in [0.5, 0.6) is 0 Å². The molecule has 3 rings (SSSR count). The normalized spacial score (nSPS) is 11.1. The van der Waals surface area contributed by atoms with E-state index in [1.807, 2.05) is 31.2 Å². The second kappa shape index (κ2) is 4.23. The molecule has 0 aliphatic heterocycles. The van der Waals surface area contributed by atoms with Crippen LogP contribution < -0.4 is 0 Å². The number of aromatic nitrogens is 3. The first-order valence-electron chi connectivity index (χ1n) is 5.20. The summed E-state index contributed by atoms with van der Waals surface area (Å²) in [5.41, 5.74) is 3.53. The van der Waals surface area contributed by atoms with Crippen molar-refractivity contribution in [2.45, 2.75) is 6.92 Å². The van der Waals surface area contributed by atoms with E-state index in [0.717, 1.165) is 11.1 Å². The van der Waals surface area contributed by atoms with Crippen molar-refractivity contribution in [3.63, 3.8) is 0 Å². The molecule has 0 unspecified atom stereocenters. The quantitative estimate of drug-likeness (QED) is 0.501. The van der Waals surface area contributed by atoms with Crippen molar-refractivity contribution in [2.75, 3.05) is 0 Å². The summed E-state index contributed by atoms with van der Waals surface area (Å²) in [7, 11) is 0. The van der Waals surface area contributed by atoms with Gasteiger partial charge in [0.2, 0.25) is 10.9 Å². The van der Waals surface area contributed by atoms with Gasteiger partial charge in [-0.1, -0.05) is 46.6 Å². The number of rotatable bonds is 1. The standard InChI is InChI=1S/C12H7Cl2N3O/c1-6-2-4-7(5-3-6)8-9-10(18-17-8)11(13)16-12(14)15-9/h2-5H,1H3. The fourth-order valence-corrected chi connectivity index (χ4v) is 2.09. The van der Waals surface area contributed by atoms with Crippen molar-refractivity contribution in [2.24, 2.45) is 0 Å². The van der Waals surface area contributed by atoms with Crippen LogP contribution in [0, 0.1) is 6.92 Å². The number of nitrogens with zero attached hydrogens (tertiary/aromatic N) is 3. The Hall–Kier alpha value is -1.65. The van der Waals surface area contributed by atoms with Gasteiger partial charge in [-0.05, 0) is 18.5 Å². The fraction of sp³-hybridized carbons (Fsp3) is 0.0833. The molecule has 1 aromatic carbocycles. The molecule has 0 spiro atoms. The zero-order valence-corrected chi connectivity index (χ0v) is 10.8. The van der Waals surface area contributed by atoms with Crippen LogP contribution in [0.1, 0.15) is 5.56 Å². The maximum atomic E-state index is 5.92. The molecule has 2 heterocycles. The highest BCUT2D eigenvalue weighted by atomic mass is 35.5. The number of hydrogen-bond acceptors (Lipinski definition) is 4. The zero-order chi connectivity index (χ0) is 12.7. The summed E-state index contributed by atoms with van der Waals surface area (Å²) in [5.74, 6) is 0. The van der Waals surface area contributed by atoms with Crippen LogP contribution in [0.15, 0.2) is 28.8 Å². The van der Waals surface area contributed by atoms with Gasteiger partial charge in [0.05, 0.1) is 0 Å². The molecule has 4 nitrogen and oxygen atoms in total. The van der Waals surface area contributed by atoms with Gasteiger partial charge in [-0.2, -0.15) is 0 Å². The third-order valence-corrected chi connectivity index (χ3v) is 3.00. The molecule has 0 amide bonds. The van der Waals surface area contributed by atoms with Crippen LogP contribution in [0.25, 0.3) is 22.4 Å². The lowest BCUT2D eigenvalue weighted by Crippen LogP contribution is -1.86. The smallest absolute Gasteiger partial charge is 0.224 e. The minimum absolute atomic E-state index is 0.0732. The molecule has 0 fully saturated rings. The van der Waals surface area contributed by atoms with Crippen molar-refractivity contribution < 1.29 is 4.52 Å². The summed E-state index contributed by atoms with van der Waals surface area (Å²) in [6.45, 7) is 2.01. The van der Waals surface area contributed by atoms with Crippen LogP contribution in [0.3, 0.4) is 0 Å². The van der Waals surface area contributed by atoms with Crippen LogP contribution >= 0.6 is 23.2 Å². The molecule has 18 heavy (non-hydrogen) atoms. The van der Waals surface area contributed by atoms with Gasteiger partial charge < -0.3 is 4.52 Å². The first-order valence-corrected chi connectivity index (χ1v) is 5.96. The number of aryl methyl sites for hydroxylation is 1. The Morgan fingerprint density at radius 3 is 2.50 bits per heavy atom. The van der Waals surface area contributed by atoms with Gasteiger partial charge in [0.25, 0.3) is 0 Å². The minimum atomic E-state index is 0.0732. The van der Waals surface area contributed by atoms with E-state index in [9.17, 15) is 0 Å². The van der Waals surface area contributed by atoms with E-state index in [-0.39, 0.29) is 10.4 Å². The van der Waals surface area contributed by atoms with E-state index in [0.29, 0.717) is 16.8 Å². The molecule has 0 bridgehead atoms. The van der Waals surface area contributed by atoms with Crippen molar-refractivity contribution in [1.82, 2.24) is 15.1 Å². The van der Waals surface area contributed by atoms with Gasteiger partial charge in [0.1, 0.15) is 11.2 Å². The Morgan fingerprint density at radius 2 is 1.78 bits per heavy atom. The molecule has 6 heteroatoms. The van der Waals surface area contributed by atoms with Crippen LogP contribution in [0.4, 0.5) is 0 Å². The molecule has 0 radical (unpaired) electrons. The molecule has 0 saturated heterocycles. The SMILES string of the molecule is Cc1ccc(-c2noc3c(Cl)nc(Cl)nc23)cc1. The van der Waals surface area contributed by atoms with E-state index >= 15 is 0 Å². The lowest BCUT2D eigenvalue weighted by molar-refractivity contribution is 0.458. The Morgan fingerprint density at radius 1 is 1.06 bits per heavy atom. The third-order valence-electron chi connectivity index (χ3n) is 2.57. The summed E-state index contributed by atoms with van der Waals surface area (Å²) in [6, 6.07) is 7.85. The average Bonchev–Trinajstić information content (AvgIpc) is 2.74. The van der Waals surface area contributed by atoms with E-state index in [1.54, 1.807) is 0 Å². The van der Waals surface area contributed by atoms with Crippen LogP contribution in [-0.4, -0.2) is 15.1 Å². The summed E-state index contributed by atoms with van der Waals surface area (Å²) in [6.07, 6.45) is 0. The highest BCUT2D eigenvalue weighted by molar-refractivity contribution is 6.35.